The molecule has 7 heteroatoms. The molecule has 2 atom stereocenters. The van der Waals surface area contributed by atoms with Crippen LogP contribution in [0.1, 0.15) is 29.0 Å². The van der Waals surface area contributed by atoms with Gasteiger partial charge in [0, 0.05) is 5.56 Å². The number of hydrogen-bond donors (Lipinski definition) is 1. The molecule has 0 radical (unpaired) electrons. The molecule has 0 aliphatic carbocycles. The Balaban J connectivity index is 1.78. The number of hydrogen-bond acceptors (Lipinski definition) is 5. The second-order valence-corrected chi connectivity index (χ2v) is 8.62. The predicted molar refractivity (Wildman–Crippen MR) is 123 cm³/mol. The number of benzene rings is 2. The van der Waals surface area contributed by atoms with Gasteiger partial charge >= 0.3 is 0 Å². The molecule has 0 spiro atoms. The van der Waals surface area contributed by atoms with Crippen molar-refractivity contribution in [1.82, 2.24) is 9.78 Å². The van der Waals surface area contributed by atoms with Crippen LogP contribution in [0.15, 0.2) is 48.5 Å². The van der Waals surface area contributed by atoms with Crippen LogP contribution in [0.5, 0.6) is 11.5 Å². The molecular formula is C24H23N3O3S. The maximum atomic E-state index is 12.8. The molecule has 1 aromatic heterocycles. The second kappa shape index (κ2) is 8.78. The van der Waals surface area contributed by atoms with Crippen LogP contribution in [0, 0.1) is 19.3 Å². The quantitative estimate of drug-likeness (QED) is 0.606. The summed E-state index contributed by atoms with van der Waals surface area (Å²) in [6.07, 6.45) is 5.27. The number of amides is 1. The van der Waals surface area contributed by atoms with Crippen LogP contribution in [0.4, 0.5) is 5.82 Å². The Labute approximate surface area is 185 Å². The molecule has 2 aromatic carbocycles. The normalized spacial score (nSPS) is 17.8. The summed E-state index contributed by atoms with van der Waals surface area (Å²) in [4.78, 5) is 12.8. The van der Waals surface area contributed by atoms with Gasteiger partial charge < -0.3 is 14.8 Å². The highest BCUT2D eigenvalue weighted by atomic mass is 32.2. The molecule has 1 aliphatic rings. The third-order valence-corrected chi connectivity index (χ3v) is 6.54. The average Bonchev–Trinajstić information content (AvgIpc) is 3.04. The minimum absolute atomic E-state index is 0.0441. The summed E-state index contributed by atoms with van der Waals surface area (Å²) in [6, 6.07) is 15.4. The maximum Gasteiger partial charge on any atom is 0.238 e. The maximum absolute atomic E-state index is 12.8. The Morgan fingerprint density at radius 1 is 1.16 bits per heavy atom. The van der Waals surface area contributed by atoms with Crippen molar-refractivity contribution >= 4 is 23.5 Å². The largest absolute Gasteiger partial charge is 0.497 e. The molecule has 158 valence electrons. The molecule has 1 aliphatic heterocycles. The molecule has 3 aromatic rings. The van der Waals surface area contributed by atoms with E-state index in [1.54, 1.807) is 23.6 Å². The first-order valence-electron chi connectivity index (χ1n) is 9.88. The number of rotatable bonds is 5. The number of methoxy groups -OCH3 is 1. The zero-order valence-corrected chi connectivity index (χ0v) is 18.4. The van der Waals surface area contributed by atoms with E-state index in [1.807, 2.05) is 62.4 Å². The van der Waals surface area contributed by atoms with Crippen molar-refractivity contribution in [2.75, 3.05) is 19.0 Å². The van der Waals surface area contributed by atoms with Gasteiger partial charge in [0.05, 0.1) is 29.0 Å². The van der Waals surface area contributed by atoms with E-state index >= 15 is 0 Å². The molecule has 0 saturated carbocycles. The summed E-state index contributed by atoms with van der Waals surface area (Å²) in [5, 5.41) is 7.56. The standard InChI is InChI=1S/C24H23N3O3S/c1-5-14-30-20-10-6-17(7-11-20)22-21-15(2)26-27(18-8-12-19(29-4)13-9-18)23(21)25-24(28)16(3)31-22/h1,6-13,16,22H,14H2,2-4H3,(H,25,28). The fourth-order valence-electron chi connectivity index (χ4n) is 3.55. The van der Waals surface area contributed by atoms with Crippen molar-refractivity contribution in [3.05, 3.63) is 65.4 Å². The fraction of sp³-hybridized carbons (Fsp3) is 0.250. The summed E-state index contributed by atoms with van der Waals surface area (Å²) in [6.45, 7) is 4.12. The Morgan fingerprint density at radius 3 is 2.48 bits per heavy atom. The number of aryl methyl sites for hydroxylation is 1. The topological polar surface area (TPSA) is 65.4 Å². The number of ether oxygens (including phenoxy) is 2. The number of anilines is 1. The van der Waals surface area contributed by atoms with E-state index in [9.17, 15) is 4.79 Å². The number of aromatic nitrogens is 2. The first-order valence-corrected chi connectivity index (χ1v) is 10.8. The van der Waals surface area contributed by atoms with Gasteiger partial charge in [0.25, 0.3) is 0 Å². The first kappa shape index (κ1) is 20.9. The van der Waals surface area contributed by atoms with Gasteiger partial charge in [-0.3, -0.25) is 4.79 Å². The van der Waals surface area contributed by atoms with Crippen LogP contribution in [-0.4, -0.2) is 34.7 Å². The number of fused-ring (bicyclic) bond motifs is 1. The minimum atomic E-state index is -0.224. The minimum Gasteiger partial charge on any atom is -0.497 e. The number of nitrogens with zero attached hydrogens (tertiary/aromatic N) is 2. The highest BCUT2D eigenvalue weighted by molar-refractivity contribution is 8.01. The van der Waals surface area contributed by atoms with Crippen LogP contribution in [0.3, 0.4) is 0 Å². The lowest BCUT2D eigenvalue weighted by atomic mass is 10.0. The molecule has 2 unspecified atom stereocenters. The van der Waals surface area contributed by atoms with Crippen molar-refractivity contribution in [1.29, 1.82) is 0 Å². The van der Waals surface area contributed by atoms with Crippen molar-refractivity contribution in [3.63, 3.8) is 0 Å². The van der Waals surface area contributed by atoms with E-state index in [2.05, 4.69) is 11.2 Å². The predicted octanol–water partition coefficient (Wildman–Crippen LogP) is 4.36. The van der Waals surface area contributed by atoms with Crippen molar-refractivity contribution in [2.24, 2.45) is 0 Å². The van der Waals surface area contributed by atoms with E-state index in [4.69, 9.17) is 21.0 Å². The zero-order chi connectivity index (χ0) is 22.0. The van der Waals surface area contributed by atoms with Gasteiger partial charge in [0.1, 0.15) is 23.9 Å². The Hall–Kier alpha value is -3.37. The van der Waals surface area contributed by atoms with E-state index in [0.29, 0.717) is 11.6 Å². The Morgan fingerprint density at radius 2 is 1.84 bits per heavy atom. The van der Waals surface area contributed by atoms with Crippen molar-refractivity contribution in [2.45, 2.75) is 24.3 Å². The molecule has 6 nitrogen and oxygen atoms in total. The monoisotopic (exact) mass is 433 g/mol. The van der Waals surface area contributed by atoms with Gasteiger partial charge in [-0.25, -0.2) is 4.68 Å². The summed E-state index contributed by atoms with van der Waals surface area (Å²) >= 11 is 1.61. The van der Waals surface area contributed by atoms with Crippen LogP contribution in [-0.2, 0) is 4.79 Å². The SMILES string of the molecule is C#CCOc1ccc(C2SC(C)C(=O)Nc3c2c(C)nn3-c2ccc(OC)cc2)cc1. The van der Waals surface area contributed by atoms with Crippen molar-refractivity contribution in [3.8, 4) is 29.5 Å². The highest BCUT2D eigenvalue weighted by Crippen LogP contribution is 2.46. The molecule has 2 heterocycles. The summed E-state index contributed by atoms with van der Waals surface area (Å²) in [7, 11) is 1.63. The van der Waals surface area contributed by atoms with Gasteiger partial charge in [-0.05, 0) is 55.8 Å². The van der Waals surface area contributed by atoms with Crippen molar-refractivity contribution < 1.29 is 14.3 Å². The average molecular weight is 434 g/mol. The number of thioether (sulfide) groups is 1. The number of carbonyl (C=O) groups excluding carboxylic acids is 1. The molecular weight excluding hydrogens is 410 g/mol. The second-order valence-electron chi connectivity index (χ2n) is 7.17. The number of terminal acetylenes is 1. The number of carbonyl (C=O) groups is 1. The fourth-order valence-corrected chi connectivity index (χ4v) is 4.87. The van der Waals surface area contributed by atoms with E-state index in [0.717, 1.165) is 28.3 Å². The third-order valence-electron chi connectivity index (χ3n) is 5.14. The summed E-state index contributed by atoms with van der Waals surface area (Å²) < 4.78 is 12.5. The van der Waals surface area contributed by atoms with Crippen LogP contribution in [0.2, 0.25) is 0 Å². The molecule has 1 amide bonds. The molecule has 0 saturated heterocycles. The zero-order valence-electron chi connectivity index (χ0n) is 17.6. The lowest BCUT2D eigenvalue weighted by Gasteiger charge is -2.18. The van der Waals surface area contributed by atoms with Crippen LogP contribution < -0.4 is 14.8 Å². The summed E-state index contributed by atoms with van der Waals surface area (Å²) in [5.41, 5.74) is 3.78. The van der Waals surface area contributed by atoms with Crippen LogP contribution >= 0.6 is 11.8 Å². The van der Waals surface area contributed by atoms with E-state index < -0.39 is 0 Å². The lowest BCUT2D eigenvalue weighted by Crippen LogP contribution is -2.22. The molecule has 1 N–H and O–H groups in total. The Kier molecular flexibility index (Phi) is 5.92. The molecule has 4 rings (SSSR count). The Bertz CT molecular complexity index is 1130. The number of nitrogens with one attached hydrogen (secondary N) is 1. The smallest absolute Gasteiger partial charge is 0.238 e. The van der Waals surface area contributed by atoms with Gasteiger partial charge in [-0.15, -0.1) is 18.2 Å². The van der Waals surface area contributed by atoms with E-state index in [-0.39, 0.29) is 23.0 Å². The van der Waals surface area contributed by atoms with E-state index in [1.165, 1.54) is 0 Å². The third kappa shape index (κ3) is 4.12. The molecule has 31 heavy (non-hydrogen) atoms. The van der Waals surface area contributed by atoms with Crippen LogP contribution in [0.25, 0.3) is 5.69 Å². The van der Waals surface area contributed by atoms with Gasteiger partial charge in [-0.1, -0.05) is 18.1 Å². The summed E-state index contributed by atoms with van der Waals surface area (Å²) in [5.74, 6) is 4.60. The molecule has 0 bridgehead atoms. The van der Waals surface area contributed by atoms with Gasteiger partial charge in [-0.2, -0.15) is 5.10 Å². The van der Waals surface area contributed by atoms with Gasteiger partial charge in [0.2, 0.25) is 5.91 Å². The highest BCUT2D eigenvalue weighted by Gasteiger charge is 2.34. The van der Waals surface area contributed by atoms with Gasteiger partial charge in [0.15, 0.2) is 0 Å². The molecule has 0 fully saturated rings. The first-order chi connectivity index (χ1) is 15.0. The lowest BCUT2D eigenvalue weighted by molar-refractivity contribution is -0.115.